The molecule has 1 N–H and O–H groups in total. The van der Waals surface area contributed by atoms with Crippen molar-refractivity contribution < 1.29 is 18.3 Å². The first-order valence-electron chi connectivity index (χ1n) is 4.87. The van der Waals surface area contributed by atoms with Crippen molar-refractivity contribution in [3.63, 3.8) is 0 Å². The maximum Gasteiger partial charge on any atom is 0.398 e. The SMILES string of the molecule is Oc1ccc(SCC(F)(F)F)c2ccccc12. The molecule has 0 atom stereocenters. The fourth-order valence-electron chi connectivity index (χ4n) is 1.54. The molecule has 90 valence electrons. The van der Waals surface area contributed by atoms with Gasteiger partial charge in [0.15, 0.2) is 0 Å². The molecule has 0 unspecified atom stereocenters. The summed E-state index contributed by atoms with van der Waals surface area (Å²) in [5.74, 6) is -0.848. The second-order valence-electron chi connectivity index (χ2n) is 3.53. The minimum absolute atomic E-state index is 0.0805. The third-order valence-electron chi connectivity index (χ3n) is 2.25. The van der Waals surface area contributed by atoms with Crippen LogP contribution in [0.25, 0.3) is 10.8 Å². The number of alkyl halides is 3. The Bertz CT molecular complexity index is 537. The zero-order valence-electron chi connectivity index (χ0n) is 8.66. The Labute approximate surface area is 100 Å². The Morgan fingerprint density at radius 1 is 1.00 bits per heavy atom. The first-order valence-corrected chi connectivity index (χ1v) is 5.86. The van der Waals surface area contributed by atoms with Gasteiger partial charge in [0, 0.05) is 10.3 Å². The van der Waals surface area contributed by atoms with Gasteiger partial charge in [0.1, 0.15) is 5.75 Å². The lowest BCUT2D eigenvalue weighted by atomic mass is 10.1. The van der Waals surface area contributed by atoms with E-state index in [0.717, 1.165) is 11.8 Å². The fourth-order valence-corrected chi connectivity index (χ4v) is 2.36. The van der Waals surface area contributed by atoms with E-state index in [-0.39, 0.29) is 5.75 Å². The Kier molecular flexibility index (Phi) is 3.19. The van der Waals surface area contributed by atoms with Crippen molar-refractivity contribution in [3.8, 4) is 5.75 Å². The molecular weight excluding hydrogens is 249 g/mol. The van der Waals surface area contributed by atoms with E-state index in [4.69, 9.17) is 0 Å². The summed E-state index contributed by atoms with van der Waals surface area (Å²) in [5, 5.41) is 10.8. The Morgan fingerprint density at radius 2 is 1.65 bits per heavy atom. The summed E-state index contributed by atoms with van der Waals surface area (Å²) >= 11 is 0.729. The second kappa shape index (κ2) is 4.49. The maximum absolute atomic E-state index is 12.2. The van der Waals surface area contributed by atoms with Crippen LogP contribution in [0, 0.1) is 0 Å². The van der Waals surface area contributed by atoms with Gasteiger partial charge in [0.2, 0.25) is 0 Å². The fraction of sp³-hybridized carbons (Fsp3) is 0.167. The number of aromatic hydroxyl groups is 1. The maximum atomic E-state index is 12.2. The van der Waals surface area contributed by atoms with Crippen molar-refractivity contribution in [2.45, 2.75) is 11.1 Å². The van der Waals surface area contributed by atoms with Crippen LogP contribution in [-0.2, 0) is 0 Å². The molecule has 1 nitrogen and oxygen atoms in total. The summed E-state index contributed by atoms with van der Waals surface area (Å²) in [6.45, 7) is 0. The zero-order chi connectivity index (χ0) is 12.5. The molecule has 0 bridgehead atoms. The van der Waals surface area contributed by atoms with Crippen molar-refractivity contribution in [2.24, 2.45) is 0 Å². The lowest BCUT2D eigenvalue weighted by Gasteiger charge is -2.09. The normalized spacial score (nSPS) is 11.9. The lowest BCUT2D eigenvalue weighted by molar-refractivity contribution is -0.105. The van der Waals surface area contributed by atoms with Crippen LogP contribution in [0.1, 0.15) is 0 Å². The number of rotatable bonds is 2. The van der Waals surface area contributed by atoms with Gasteiger partial charge in [0.25, 0.3) is 0 Å². The average molecular weight is 258 g/mol. The van der Waals surface area contributed by atoms with Crippen LogP contribution in [0.2, 0.25) is 0 Å². The molecule has 2 aromatic rings. The molecule has 0 spiro atoms. The predicted molar refractivity (Wildman–Crippen MR) is 62.4 cm³/mol. The van der Waals surface area contributed by atoms with Gasteiger partial charge < -0.3 is 5.11 Å². The highest BCUT2D eigenvalue weighted by Crippen LogP contribution is 2.35. The van der Waals surface area contributed by atoms with Crippen LogP contribution in [0.15, 0.2) is 41.3 Å². The summed E-state index contributed by atoms with van der Waals surface area (Å²) < 4.78 is 36.5. The number of halogens is 3. The molecule has 0 saturated heterocycles. The average Bonchev–Trinajstić information content (AvgIpc) is 2.27. The third kappa shape index (κ3) is 2.85. The highest BCUT2D eigenvalue weighted by molar-refractivity contribution is 7.99. The minimum Gasteiger partial charge on any atom is -0.507 e. The number of phenolic OH excluding ortho intramolecular Hbond substituents is 1. The second-order valence-corrected chi connectivity index (χ2v) is 4.55. The van der Waals surface area contributed by atoms with Crippen LogP contribution < -0.4 is 0 Å². The zero-order valence-corrected chi connectivity index (χ0v) is 9.48. The van der Waals surface area contributed by atoms with Crippen molar-refractivity contribution in [1.29, 1.82) is 0 Å². The minimum atomic E-state index is -4.19. The van der Waals surface area contributed by atoms with Gasteiger partial charge in [-0.05, 0) is 17.5 Å². The molecule has 0 aliphatic rings. The van der Waals surface area contributed by atoms with Gasteiger partial charge in [-0.2, -0.15) is 13.2 Å². The van der Waals surface area contributed by atoms with Crippen LogP contribution in [-0.4, -0.2) is 17.0 Å². The van der Waals surface area contributed by atoms with Gasteiger partial charge >= 0.3 is 6.18 Å². The molecular formula is C12H9F3OS. The van der Waals surface area contributed by atoms with Gasteiger partial charge in [-0.25, -0.2) is 0 Å². The van der Waals surface area contributed by atoms with Crippen LogP contribution >= 0.6 is 11.8 Å². The molecule has 0 aromatic heterocycles. The quantitative estimate of drug-likeness (QED) is 0.815. The molecule has 0 saturated carbocycles. The van der Waals surface area contributed by atoms with Gasteiger partial charge in [0.05, 0.1) is 5.75 Å². The van der Waals surface area contributed by atoms with E-state index < -0.39 is 11.9 Å². The number of thioether (sulfide) groups is 1. The van der Waals surface area contributed by atoms with Crippen molar-refractivity contribution >= 4 is 22.5 Å². The molecule has 5 heteroatoms. The first kappa shape index (κ1) is 12.1. The van der Waals surface area contributed by atoms with Crippen LogP contribution in [0.4, 0.5) is 13.2 Å². The molecule has 17 heavy (non-hydrogen) atoms. The lowest BCUT2D eigenvalue weighted by Crippen LogP contribution is -2.10. The van der Waals surface area contributed by atoms with Crippen molar-refractivity contribution in [1.82, 2.24) is 0 Å². The summed E-state index contributed by atoms with van der Waals surface area (Å²) in [4.78, 5) is 0.524. The molecule has 0 radical (unpaired) electrons. The smallest absolute Gasteiger partial charge is 0.398 e. The van der Waals surface area contributed by atoms with Crippen LogP contribution in [0.3, 0.4) is 0 Å². The van der Waals surface area contributed by atoms with Gasteiger partial charge in [-0.1, -0.05) is 24.3 Å². The standard InChI is InChI=1S/C12H9F3OS/c13-12(14,15)7-17-11-6-5-10(16)8-3-1-2-4-9(8)11/h1-6,16H,7H2. The van der Waals surface area contributed by atoms with Crippen molar-refractivity contribution in [3.05, 3.63) is 36.4 Å². The number of hydrogen-bond acceptors (Lipinski definition) is 2. The van der Waals surface area contributed by atoms with E-state index in [1.807, 2.05) is 0 Å². The summed E-state index contributed by atoms with van der Waals surface area (Å²) in [6, 6.07) is 9.78. The van der Waals surface area contributed by atoms with E-state index in [0.29, 0.717) is 15.7 Å². The third-order valence-corrected chi connectivity index (χ3v) is 3.39. The Balaban J connectivity index is 2.38. The van der Waals surface area contributed by atoms with E-state index in [9.17, 15) is 18.3 Å². The highest BCUT2D eigenvalue weighted by atomic mass is 32.2. The van der Waals surface area contributed by atoms with E-state index in [2.05, 4.69) is 0 Å². The predicted octanol–water partition coefficient (Wildman–Crippen LogP) is 4.20. The summed E-state index contributed by atoms with van der Waals surface area (Å²) in [6.07, 6.45) is -4.19. The number of phenols is 1. The largest absolute Gasteiger partial charge is 0.507 e. The van der Waals surface area contributed by atoms with E-state index in [1.165, 1.54) is 12.1 Å². The van der Waals surface area contributed by atoms with Gasteiger partial charge in [-0.3, -0.25) is 0 Å². The van der Waals surface area contributed by atoms with Crippen molar-refractivity contribution in [2.75, 3.05) is 5.75 Å². The molecule has 2 aromatic carbocycles. The van der Waals surface area contributed by atoms with E-state index in [1.54, 1.807) is 24.3 Å². The summed E-state index contributed by atoms with van der Waals surface area (Å²) in [7, 11) is 0. The molecule has 0 fully saturated rings. The molecule has 0 aliphatic heterocycles. The Morgan fingerprint density at radius 3 is 2.29 bits per heavy atom. The van der Waals surface area contributed by atoms with E-state index >= 15 is 0 Å². The Hall–Kier alpha value is -1.36. The molecule has 0 aliphatic carbocycles. The highest BCUT2D eigenvalue weighted by Gasteiger charge is 2.27. The summed E-state index contributed by atoms with van der Waals surface area (Å²) in [5.41, 5.74) is 0. The number of hydrogen-bond donors (Lipinski definition) is 1. The molecule has 2 rings (SSSR count). The topological polar surface area (TPSA) is 20.2 Å². The monoisotopic (exact) mass is 258 g/mol. The number of fused-ring (bicyclic) bond motifs is 1. The number of benzene rings is 2. The molecule has 0 heterocycles. The van der Waals surface area contributed by atoms with Gasteiger partial charge in [-0.15, -0.1) is 11.8 Å². The first-order chi connectivity index (χ1) is 7.97. The molecule has 0 amide bonds. The van der Waals surface area contributed by atoms with Crippen LogP contribution in [0.5, 0.6) is 5.75 Å².